The van der Waals surface area contributed by atoms with Gasteiger partial charge in [-0.1, -0.05) is 90.1 Å². The fourth-order valence-electron chi connectivity index (χ4n) is 3.44. The second-order valence-electron chi connectivity index (χ2n) is 10.1. The van der Waals surface area contributed by atoms with Gasteiger partial charge in [0, 0.05) is 18.7 Å². The molecule has 0 radical (unpaired) electrons. The molecule has 2 rings (SSSR count). The number of anilines is 1. The number of urea groups is 1. The van der Waals surface area contributed by atoms with Crippen molar-refractivity contribution < 1.29 is 9.59 Å². The molecule has 0 saturated carbocycles. The third-order valence-electron chi connectivity index (χ3n) is 5.27. The first-order chi connectivity index (χ1) is 14.9. The van der Waals surface area contributed by atoms with Crippen molar-refractivity contribution in [2.24, 2.45) is 0 Å². The van der Waals surface area contributed by atoms with Crippen LogP contribution in [0.15, 0.2) is 61.2 Å². The minimum Gasteiger partial charge on any atom is -0.351 e. The Labute approximate surface area is 192 Å². The molecule has 32 heavy (non-hydrogen) atoms. The van der Waals surface area contributed by atoms with Crippen molar-refractivity contribution in [3.8, 4) is 0 Å². The summed E-state index contributed by atoms with van der Waals surface area (Å²) in [6.45, 7) is 16.7. The summed E-state index contributed by atoms with van der Waals surface area (Å²) in [7, 11) is 0. The molecule has 3 N–H and O–H groups in total. The van der Waals surface area contributed by atoms with E-state index in [1.165, 1.54) is 0 Å². The molecule has 2 aromatic rings. The van der Waals surface area contributed by atoms with Crippen molar-refractivity contribution in [3.63, 3.8) is 0 Å². The van der Waals surface area contributed by atoms with Gasteiger partial charge in [0.2, 0.25) is 5.91 Å². The lowest BCUT2D eigenvalue weighted by Gasteiger charge is -2.27. The van der Waals surface area contributed by atoms with Crippen LogP contribution in [0.25, 0.3) is 0 Å². The SMILES string of the molecule is C=CCNC(=O)[C@@H](Cc1ccccc1)NC(=O)Nc1cc(C(C)(C)C)ccc1C(C)(C)C. The molecule has 1 atom stereocenters. The van der Waals surface area contributed by atoms with E-state index in [9.17, 15) is 9.59 Å². The van der Waals surface area contributed by atoms with Crippen LogP contribution < -0.4 is 16.0 Å². The average Bonchev–Trinajstić information content (AvgIpc) is 2.70. The molecule has 3 amide bonds. The van der Waals surface area contributed by atoms with Crippen molar-refractivity contribution in [3.05, 3.63) is 77.9 Å². The van der Waals surface area contributed by atoms with Gasteiger partial charge in [-0.3, -0.25) is 4.79 Å². The van der Waals surface area contributed by atoms with Gasteiger partial charge >= 0.3 is 6.03 Å². The maximum absolute atomic E-state index is 13.0. The fraction of sp³-hybridized carbons (Fsp3) is 0.407. The van der Waals surface area contributed by atoms with Gasteiger partial charge in [0.25, 0.3) is 0 Å². The second-order valence-corrected chi connectivity index (χ2v) is 10.1. The third kappa shape index (κ3) is 7.26. The van der Waals surface area contributed by atoms with Gasteiger partial charge in [0.05, 0.1) is 0 Å². The standard InChI is InChI=1S/C27H37N3O2/c1-8-16-28-24(31)23(17-19-12-10-9-11-13-19)30-25(32)29-22-18-20(26(2,3)4)14-15-21(22)27(5,6)7/h8-15,18,23H,1,16-17H2,2-7H3,(H,28,31)(H2,29,30,32)/t23-/m1/s1. The van der Waals surface area contributed by atoms with Gasteiger partial charge in [-0.25, -0.2) is 4.79 Å². The topological polar surface area (TPSA) is 70.2 Å². The minimum atomic E-state index is -0.707. The first-order valence-corrected chi connectivity index (χ1v) is 11.1. The zero-order valence-corrected chi connectivity index (χ0v) is 20.2. The lowest BCUT2D eigenvalue weighted by atomic mass is 9.81. The van der Waals surface area contributed by atoms with Crippen molar-refractivity contribution in [1.29, 1.82) is 0 Å². The molecule has 5 heteroatoms. The molecular weight excluding hydrogens is 398 g/mol. The summed E-state index contributed by atoms with van der Waals surface area (Å²) in [5.41, 5.74) is 3.69. The zero-order valence-electron chi connectivity index (χ0n) is 20.2. The van der Waals surface area contributed by atoms with Gasteiger partial charge in [-0.2, -0.15) is 0 Å². The molecule has 0 fully saturated rings. The maximum Gasteiger partial charge on any atom is 0.319 e. The minimum absolute atomic E-state index is 0.0518. The molecule has 0 aromatic heterocycles. The predicted molar refractivity (Wildman–Crippen MR) is 133 cm³/mol. The Bertz CT molecular complexity index is 938. The number of hydrogen-bond donors (Lipinski definition) is 3. The predicted octanol–water partition coefficient (Wildman–Crippen LogP) is 5.32. The molecule has 0 unspecified atom stereocenters. The zero-order chi connectivity index (χ0) is 23.9. The quantitative estimate of drug-likeness (QED) is 0.515. The van der Waals surface area contributed by atoms with Gasteiger partial charge in [0.1, 0.15) is 6.04 Å². The summed E-state index contributed by atoms with van der Waals surface area (Å²) in [5.74, 6) is -0.247. The Balaban J connectivity index is 2.27. The summed E-state index contributed by atoms with van der Waals surface area (Å²) in [5, 5.41) is 8.66. The number of carbonyl (C=O) groups is 2. The number of nitrogens with one attached hydrogen (secondary N) is 3. The van der Waals surface area contributed by atoms with E-state index in [0.29, 0.717) is 13.0 Å². The van der Waals surface area contributed by atoms with E-state index in [1.807, 2.05) is 36.4 Å². The first kappa shape index (κ1) is 25.2. The molecule has 0 heterocycles. The highest BCUT2D eigenvalue weighted by molar-refractivity contribution is 5.94. The van der Waals surface area contributed by atoms with E-state index in [-0.39, 0.29) is 16.7 Å². The van der Waals surface area contributed by atoms with E-state index in [2.05, 4.69) is 76.2 Å². The Hall–Kier alpha value is -3.08. The summed E-state index contributed by atoms with van der Waals surface area (Å²) < 4.78 is 0. The highest BCUT2D eigenvalue weighted by atomic mass is 16.2. The number of amides is 3. The largest absolute Gasteiger partial charge is 0.351 e. The molecule has 0 aliphatic heterocycles. The summed E-state index contributed by atoms with van der Waals surface area (Å²) >= 11 is 0. The van der Waals surface area contributed by atoms with E-state index in [0.717, 1.165) is 22.4 Å². The number of hydrogen-bond acceptors (Lipinski definition) is 2. The van der Waals surface area contributed by atoms with Gasteiger partial charge in [-0.05, 0) is 33.6 Å². The summed E-state index contributed by atoms with van der Waals surface area (Å²) in [4.78, 5) is 25.7. The monoisotopic (exact) mass is 435 g/mol. The first-order valence-electron chi connectivity index (χ1n) is 11.1. The van der Waals surface area contributed by atoms with Crippen LogP contribution in [-0.2, 0) is 22.0 Å². The van der Waals surface area contributed by atoms with E-state index < -0.39 is 12.1 Å². The Morgan fingerprint density at radius 1 is 0.969 bits per heavy atom. The number of benzene rings is 2. The van der Waals surface area contributed by atoms with Crippen LogP contribution in [-0.4, -0.2) is 24.5 Å². The van der Waals surface area contributed by atoms with Crippen LogP contribution in [0.4, 0.5) is 10.5 Å². The highest BCUT2D eigenvalue weighted by Gasteiger charge is 2.25. The normalized spacial score (nSPS) is 12.6. The smallest absolute Gasteiger partial charge is 0.319 e. The molecule has 172 valence electrons. The van der Waals surface area contributed by atoms with Crippen molar-refractivity contribution in [2.75, 3.05) is 11.9 Å². The van der Waals surface area contributed by atoms with E-state index >= 15 is 0 Å². The van der Waals surface area contributed by atoms with Crippen LogP contribution in [0.2, 0.25) is 0 Å². The fourth-order valence-corrected chi connectivity index (χ4v) is 3.44. The molecule has 0 spiro atoms. The van der Waals surface area contributed by atoms with Gasteiger partial charge < -0.3 is 16.0 Å². The Morgan fingerprint density at radius 2 is 1.62 bits per heavy atom. The number of rotatable bonds is 7. The molecule has 2 aromatic carbocycles. The van der Waals surface area contributed by atoms with Crippen LogP contribution in [0.1, 0.15) is 58.2 Å². The Kier molecular flexibility index (Phi) is 8.25. The van der Waals surface area contributed by atoms with Crippen molar-refractivity contribution in [2.45, 2.75) is 64.8 Å². The van der Waals surface area contributed by atoms with Crippen LogP contribution in [0.5, 0.6) is 0 Å². The van der Waals surface area contributed by atoms with Crippen LogP contribution in [0, 0.1) is 0 Å². The number of carbonyl (C=O) groups excluding carboxylic acids is 2. The third-order valence-corrected chi connectivity index (χ3v) is 5.27. The molecular formula is C27H37N3O2. The lowest BCUT2D eigenvalue weighted by molar-refractivity contribution is -0.122. The van der Waals surface area contributed by atoms with Crippen LogP contribution >= 0.6 is 0 Å². The van der Waals surface area contributed by atoms with Crippen LogP contribution in [0.3, 0.4) is 0 Å². The molecule has 0 saturated heterocycles. The highest BCUT2D eigenvalue weighted by Crippen LogP contribution is 2.33. The van der Waals surface area contributed by atoms with Gasteiger partial charge in [0.15, 0.2) is 0 Å². The molecule has 0 aliphatic carbocycles. The second kappa shape index (κ2) is 10.5. The lowest BCUT2D eigenvalue weighted by Crippen LogP contribution is -2.49. The van der Waals surface area contributed by atoms with E-state index in [4.69, 9.17) is 0 Å². The van der Waals surface area contributed by atoms with Crippen molar-refractivity contribution in [1.82, 2.24) is 10.6 Å². The van der Waals surface area contributed by atoms with E-state index in [1.54, 1.807) is 6.08 Å². The Morgan fingerprint density at radius 3 is 2.19 bits per heavy atom. The summed E-state index contributed by atoms with van der Waals surface area (Å²) in [6, 6.07) is 14.8. The maximum atomic E-state index is 13.0. The average molecular weight is 436 g/mol. The van der Waals surface area contributed by atoms with Gasteiger partial charge in [-0.15, -0.1) is 6.58 Å². The molecule has 5 nitrogen and oxygen atoms in total. The molecule has 0 aliphatic rings. The molecule has 0 bridgehead atoms. The van der Waals surface area contributed by atoms with Crippen molar-refractivity contribution >= 4 is 17.6 Å². The summed E-state index contributed by atoms with van der Waals surface area (Å²) in [6.07, 6.45) is 2.01.